The van der Waals surface area contributed by atoms with Crippen LogP contribution in [0.25, 0.3) is 11.1 Å². The van der Waals surface area contributed by atoms with Gasteiger partial charge in [0.1, 0.15) is 5.75 Å². The molecule has 2 rings (SSSR count). The van der Waals surface area contributed by atoms with Gasteiger partial charge in [0.2, 0.25) is 0 Å². The van der Waals surface area contributed by atoms with E-state index in [0.29, 0.717) is 5.75 Å². The van der Waals surface area contributed by atoms with Crippen LogP contribution in [0.5, 0.6) is 5.75 Å². The number of hydrogen-bond donors (Lipinski definition) is 0. The molecule has 118 valence electrons. The van der Waals surface area contributed by atoms with Gasteiger partial charge in [-0.1, -0.05) is 48.5 Å². The van der Waals surface area contributed by atoms with Crippen LogP contribution < -0.4 is 4.52 Å². The highest BCUT2D eigenvalue weighted by molar-refractivity contribution is 7.48. The normalized spacial score (nSPS) is 11.4. The van der Waals surface area contributed by atoms with Crippen molar-refractivity contribution in [2.24, 2.45) is 0 Å². The fraction of sp³-hybridized carbons (Fsp3) is 0.294. The maximum atomic E-state index is 12.7. The van der Waals surface area contributed by atoms with Gasteiger partial charge in [-0.3, -0.25) is 9.05 Å². The Kier molecular flexibility index (Phi) is 5.78. The summed E-state index contributed by atoms with van der Waals surface area (Å²) in [5, 5.41) is 0. The SMILES string of the molecule is CCOP(=O)(OCC)Oc1c(C)cccc1-c1ccccc1. The van der Waals surface area contributed by atoms with Gasteiger partial charge in [-0.25, -0.2) is 4.57 Å². The van der Waals surface area contributed by atoms with E-state index in [1.165, 1.54) is 0 Å². The summed E-state index contributed by atoms with van der Waals surface area (Å²) in [5.74, 6) is 0.527. The van der Waals surface area contributed by atoms with Crippen molar-refractivity contribution >= 4 is 7.82 Å². The fourth-order valence-corrected chi connectivity index (χ4v) is 3.42. The molecule has 5 heteroatoms. The number of hydrogen-bond acceptors (Lipinski definition) is 4. The van der Waals surface area contributed by atoms with E-state index in [4.69, 9.17) is 13.6 Å². The first-order valence-electron chi connectivity index (χ1n) is 7.33. The van der Waals surface area contributed by atoms with Crippen LogP contribution in [0.15, 0.2) is 48.5 Å². The molecule has 0 N–H and O–H groups in total. The third kappa shape index (κ3) is 3.98. The maximum Gasteiger partial charge on any atom is 0.530 e. The Labute approximate surface area is 131 Å². The molecular weight excluding hydrogens is 299 g/mol. The molecule has 0 saturated carbocycles. The van der Waals surface area contributed by atoms with Crippen molar-refractivity contribution in [3.8, 4) is 16.9 Å². The standard InChI is InChI=1S/C17H21O4P/c1-4-19-22(18,20-5-2)21-17-14(3)10-9-13-16(17)15-11-7-6-8-12-15/h6-13H,4-5H2,1-3H3. The van der Waals surface area contributed by atoms with Crippen LogP contribution in [0.4, 0.5) is 0 Å². The van der Waals surface area contributed by atoms with Crippen LogP contribution in [0.3, 0.4) is 0 Å². The molecule has 0 amide bonds. The third-order valence-electron chi connectivity index (χ3n) is 3.07. The highest BCUT2D eigenvalue weighted by Gasteiger charge is 2.29. The third-order valence-corrected chi connectivity index (χ3v) is 4.63. The van der Waals surface area contributed by atoms with Crippen LogP contribution in [0, 0.1) is 6.92 Å². The molecule has 0 aliphatic carbocycles. The first-order valence-corrected chi connectivity index (χ1v) is 8.79. The first-order chi connectivity index (χ1) is 10.6. The largest absolute Gasteiger partial charge is 0.530 e. The number of para-hydroxylation sites is 1. The van der Waals surface area contributed by atoms with E-state index in [1.54, 1.807) is 13.8 Å². The molecule has 0 aromatic heterocycles. The summed E-state index contributed by atoms with van der Waals surface area (Å²) in [6.45, 7) is 5.92. The van der Waals surface area contributed by atoms with Crippen molar-refractivity contribution in [3.05, 3.63) is 54.1 Å². The van der Waals surface area contributed by atoms with Crippen LogP contribution in [0.1, 0.15) is 19.4 Å². The quantitative estimate of drug-likeness (QED) is 0.656. The van der Waals surface area contributed by atoms with Crippen molar-refractivity contribution in [2.45, 2.75) is 20.8 Å². The molecule has 0 heterocycles. The Morgan fingerprint density at radius 1 is 0.909 bits per heavy atom. The average Bonchev–Trinajstić information content (AvgIpc) is 2.50. The van der Waals surface area contributed by atoms with Crippen molar-refractivity contribution in [1.29, 1.82) is 0 Å². The smallest absolute Gasteiger partial charge is 0.403 e. The molecule has 22 heavy (non-hydrogen) atoms. The minimum absolute atomic E-state index is 0.254. The molecule has 0 radical (unpaired) electrons. The zero-order valence-corrected chi connectivity index (χ0v) is 14.0. The summed E-state index contributed by atoms with van der Waals surface area (Å²) >= 11 is 0. The summed E-state index contributed by atoms with van der Waals surface area (Å²) in [5.41, 5.74) is 2.72. The van der Waals surface area contributed by atoms with E-state index in [2.05, 4.69) is 0 Å². The number of rotatable bonds is 7. The molecule has 0 atom stereocenters. The molecule has 0 spiro atoms. The zero-order chi connectivity index (χ0) is 16.0. The summed E-state index contributed by atoms with van der Waals surface area (Å²) in [7, 11) is -3.62. The summed E-state index contributed by atoms with van der Waals surface area (Å²) in [4.78, 5) is 0. The van der Waals surface area contributed by atoms with E-state index in [-0.39, 0.29) is 13.2 Å². The Bertz CT molecular complexity index is 645. The molecule has 0 aliphatic rings. The van der Waals surface area contributed by atoms with Gasteiger partial charge in [0.05, 0.1) is 13.2 Å². The maximum absolute atomic E-state index is 12.7. The minimum atomic E-state index is -3.62. The molecule has 0 fully saturated rings. The topological polar surface area (TPSA) is 44.8 Å². The second-order valence-electron chi connectivity index (χ2n) is 4.69. The van der Waals surface area contributed by atoms with Crippen molar-refractivity contribution in [3.63, 3.8) is 0 Å². The van der Waals surface area contributed by atoms with Gasteiger partial charge in [0.15, 0.2) is 0 Å². The number of benzene rings is 2. The van der Waals surface area contributed by atoms with Gasteiger partial charge < -0.3 is 4.52 Å². The minimum Gasteiger partial charge on any atom is -0.403 e. The highest BCUT2D eigenvalue weighted by Crippen LogP contribution is 2.52. The Balaban J connectivity index is 2.44. The van der Waals surface area contributed by atoms with Crippen molar-refractivity contribution in [1.82, 2.24) is 0 Å². The van der Waals surface area contributed by atoms with Gasteiger partial charge in [-0.15, -0.1) is 0 Å². The number of aryl methyl sites for hydroxylation is 1. The van der Waals surface area contributed by atoms with Gasteiger partial charge in [-0.2, -0.15) is 0 Å². The molecular formula is C17H21O4P. The lowest BCUT2D eigenvalue weighted by atomic mass is 10.0. The summed E-state index contributed by atoms with van der Waals surface area (Å²) in [6, 6.07) is 15.6. The summed E-state index contributed by atoms with van der Waals surface area (Å²) in [6.07, 6.45) is 0. The number of phosphoric acid groups is 1. The molecule has 4 nitrogen and oxygen atoms in total. The lowest BCUT2D eigenvalue weighted by Gasteiger charge is -2.20. The Morgan fingerprint density at radius 2 is 1.55 bits per heavy atom. The van der Waals surface area contributed by atoms with Gasteiger partial charge >= 0.3 is 7.82 Å². The second-order valence-corrected chi connectivity index (χ2v) is 6.29. The van der Waals surface area contributed by atoms with E-state index in [9.17, 15) is 4.57 Å². The fourth-order valence-electron chi connectivity index (χ4n) is 2.14. The lowest BCUT2D eigenvalue weighted by molar-refractivity contribution is 0.167. The van der Waals surface area contributed by atoms with Gasteiger partial charge in [-0.05, 0) is 31.9 Å². The lowest BCUT2D eigenvalue weighted by Crippen LogP contribution is -2.04. The molecule has 0 aliphatic heterocycles. The van der Waals surface area contributed by atoms with Crippen LogP contribution >= 0.6 is 7.82 Å². The molecule has 0 unspecified atom stereocenters. The van der Waals surface area contributed by atoms with Crippen molar-refractivity contribution in [2.75, 3.05) is 13.2 Å². The van der Waals surface area contributed by atoms with E-state index in [0.717, 1.165) is 16.7 Å². The van der Waals surface area contributed by atoms with E-state index >= 15 is 0 Å². The van der Waals surface area contributed by atoms with Crippen LogP contribution in [-0.4, -0.2) is 13.2 Å². The Morgan fingerprint density at radius 3 is 2.14 bits per heavy atom. The van der Waals surface area contributed by atoms with Crippen LogP contribution in [-0.2, 0) is 13.6 Å². The van der Waals surface area contributed by atoms with E-state index in [1.807, 2.05) is 55.5 Å². The first kappa shape index (κ1) is 16.8. The molecule has 0 bridgehead atoms. The van der Waals surface area contributed by atoms with Gasteiger partial charge in [0, 0.05) is 5.56 Å². The van der Waals surface area contributed by atoms with Crippen molar-refractivity contribution < 1.29 is 18.1 Å². The highest BCUT2D eigenvalue weighted by atomic mass is 31.2. The van der Waals surface area contributed by atoms with Crippen LogP contribution in [0.2, 0.25) is 0 Å². The van der Waals surface area contributed by atoms with E-state index < -0.39 is 7.82 Å². The Hall–Kier alpha value is -1.61. The monoisotopic (exact) mass is 320 g/mol. The molecule has 2 aromatic rings. The average molecular weight is 320 g/mol. The second kappa shape index (κ2) is 7.59. The molecule has 0 saturated heterocycles. The predicted octanol–water partition coefficient (Wildman–Crippen LogP) is 5.22. The number of phosphoric ester groups is 1. The summed E-state index contributed by atoms with van der Waals surface area (Å²) < 4.78 is 28.8. The van der Waals surface area contributed by atoms with Gasteiger partial charge in [0.25, 0.3) is 0 Å². The molecule has 2 aromatic carbocycles. The predicted molar refractivity (Wildman–Crippen MR) is 88.1 cm³/mol. The zero-order valence-electron chi connectivity index (χ0n) is 13.1.